The first-order valence-electron chi connectivity index (χ1n) is 6.57. The van der Waals surface area contributed by atoms with Gasteiger partial charge in [-0.2, -0.15) is 11.8 Å². The number of ether oxygens (including phenoxy) is 1. The molecule has 0 amide bonds. The summed E-state index contributed by atoms with van der Waals surface area (Å²) in [5.41, 5.74) is 1.58. The van der Waals surface area contributed by atoms with E-state index < -0.39 is 7.12 Å². The highest BCUT2D eigenvalue weighted by Crippen LogP contribution is 2.20. The van der Waals surface area contributed by atoms with Gasteiger partial charge in [-0.1, -0.05) is 41.9 Å². The van der Waals surface area contributed by atoms with Crippen LogP contribution in [0.1, 0.15) is 5.56 Å². The first-order valence-corrected chi connectivity index (χ1v) is 8.10. The number of halogens is 1. The molecule has 0 bridgehead atoms. The van der Waals surface area contributed by atoms with E-state index in [0.29, 0.717) is 12.1 Å². The van der Waals surface area contributed by atoms with Crippen molar-refractivity contribution in [2.75, 3.05) is 12.4 Å². The maximum Gasteiger partial charge on any atom is 0.488 e. The fourth-order valence-electron chi connectivity index (χ4n) is 1.75. The number of hydrogen-bond acceptors (Lipinski definition) is 4. The number of thioether (sulfide) groups is 1. The van der Waals surface area contributed by atoms with Crippen LogP contribution in [-0.2, 0) is 5.75 Å². The van der Waals surface area contributed by atoms with Gasteiger partial charge in [0.05, 0.1) is 6.61 Å². The molecule has 0 radical (unpaired) electrons. The Bertz CT molecular complexity index is 563. The fraction of sp³-hybridized carbons (Fsp3) is 0.200. The fourth-order valence-corrected chi connectivity index (χ4v) is 2.85. The number of benzene rings is 2. The third-order valence-electron chi connectivity index (χ3n) is 2.89. The Labute approximate surface area is 134 Å². The monoisotopic (exact) mass is 322 g/mol. The Kier molecular flexibility index (Phi) is 6.45. The molecular formula is C15H16BClO3S. The summed E-state index contributed by atoms with van der Waals surface area (Å²) in [6, 6.07) is 14.6. The quantitative estimate of drug-likeness (QED) is 0.607. The van der Waals surface area contributed by atoms with Gasteiger partial charge < -0.3 is 14.8 Å². The van der Waals surface area contributed by atoms with Gasteiger partial charge in [-0.3, -0.25) is 0 Å². The molecule has 0 saturated carbocycles. The Morgan fingerprint density at radius 3 is 2.43 bits per heavy atom. The van der Waals surface area contributed by atoms with Crippen molar-refractivity contribution in [2.24, 2.45) is 0 Å². The van der Waals surface area contributed by atoms with E-state index in [-0.39, 0.29) is 0 Å². The molecule has 0 unspecified atom stereocenters. The third-order valence-corrected chi connectivity index (χ3v) is 4.23. The van der Waals surface area contributed by atoms with Crippen molar-refractivity contribution in [3.8, 4) is 5.75 Å². The molecule has 2 aromatic rings. The highest BCUT2D eigenvalue weighted by molar-refractivity contribution is 7.98. The van der Waals surface area contributed by atoms with Crippen molar-refractivity contribution in [1.82, 2.24) is 0 Å². The molecule has 2 aromatic carbocycles. The van der Waals surface area contributed by atoms with Crippen molar-refractivity contribution in [2.45, 2.75) is 5.75 Å². The lowest BCUT2D eigenvalue weighted by molar-refractivity contribution is 0.344. The first kappa shape index (κ1) is 16.2. The van der Waals surface area contributed by atoms with Crippen molar-refractivity contribution in [1.29, 1.82) is 0 Å². The summed E-state index contributed by atoms with van der Waals surface area (Å²) < 4.78 is 5.59. The Hall–Kier alpha value is -1.14. The predicted octanol–water partition coefficient (Wildman–Crippen LogP) is 2.33. The highest BCUT2D eigenvalue weighted by Gasteiger charge is 2.09. The van der Waals surface area contributed by atoms with Crippen molar-refractivity contribution >= 4 is 35.9 Å². The number of rotatable bonds is 7. The molecule has 0 fully saturated rings. The van der Waals surface area contributed by atoms with E-state index >= 15 is 0 Å². The average Bonchev–Trinajstić information content (AvgIpc) is 2.49. The van der Waals surface area contributed by atoms with Crippen LogP contribution in [-0.4, -0.2) is 29.5 Å². The van der Waals surface area contributed by atoms with Gasteiger partial charge in [-0.05, 0) is 29.2 Å². The first-order chi connectivity index (χ1) is 10.2. The van der Waals surface area contributed by atoms with E-state index in [2.05, 4.69) is 0 Å². The lowest BCUT2D eigenvalue weighted by Gasteiger charge is -2.07. The van der Waals surface area contributed by atoms with E-state index in [1.165, 1.54) is 0 Å². The summed E-state index contributed by atoms with van der Waals surface area (Å²) in [5.74, 6) is 2.44. The maximum absolute atomic E-state index is 8.99. The van der Waals surface area contributed by atoms with Crippen LogP contribution >= 0.6 is 23.4 Å². The van der Waals surface area contributed by atoms with Gasteiger partial charge in [0, 0.05) is 16.5 Å². The van der Waals surface area contributed by atoms with E-state index in [1.54, 1.807) is 36.0 Å². The van der Waals surface area contributed by atoms with Gasteiger partial charge in [-0.15, -0.1) is 0 Å². The normalized spacial score (nSPS) is 10.4. The van der Waals surface area contributed by atoms with Gasteiger partial charge in [0.15, 0.2) is 0 Å². The molecule has 2 rings (SSSR count). The van der Waals surface area contributed by atoms with E-state index in [1.807, 2.05) is 24.3 Å². The Morgan fingerprint density at radius 1 is 1.05 bits per heavy atom. The summed E-state index contributed by atoms with van der Waals surface area (Å²) >= 11 is 7.85. The van der Waals surface area contributed by atoms with Crippen LogP contribution in [0.15, 0.2) is 48.5 Å². The van der Waals surface area contributed by atoms with Crippen molar-refractivity contribution < 1.29 is 14.8 Å². The topological polar surface area (TPSA) is 49.7 Å². The molecular weight excluding hydrogens is 306 g/mol. The van der Waals surface area contributed by atoms with Crippen molar-refractivity contribution in [3.63, 3.8) is 0 Å². The molecule has 21 heavy (non-hydrogen) atoms. The second-order valence-corrected chi connectivity index (χ2v) is 5.95. The van der Waals surface area contributed by atoms with Gasteiger partial charge in [-0.25, -0.2) is 0 Å². The van der Waals surface area contributed by atoms with Gasteiger partial charge in [0.1, 0.15) is 5.75 Å². The second kappa shape index (κ2) is 8.34. The SMILES string of the molecule is OB(O)c1ccc(OCCSCc2ccccc2Cl)cc1. The van der Waals surface area contributed by atoms with Crippen LogP contribution in [0.5, 0.6) is 5.75 Å². The molecule has 0 aliphatic rings. The zero-order valence-electron chi connectivity index (χ0n) is 11.4. The minimum absolute atomic E-state index is 0.454. The van der Waals surface area contributed by atoms with Crippen molar-refractivity contribution in [3.05, 3.63) is 59.1 Å². The molecule has 3 nitrogen and oxygen atoms in total. The van der Waals surface area contributed by atoms with E-state index in [9.17, 15) is 0 Å². The van der Waals surface area contributed by atoms with Gasteiger partial charge >= 0.3 is 7.12 Å². The van der Waals surface area contributed by atoms with Gasteiger partial charge in [0.25, 0.3) is 0 Å². The molecule has 2 N–H and O–H groups in total. The molecule has 0 heterocycles. The largest absolute Gasteiger partial charge is 0.493 e. The van der Waals surface area contributed by atoms with Crippen LogP contribution < -0.4 is 10.2 Å². The lowest BCUT2D eigenvalue weighted by Crippen LogP contribution is -2.29. The third kappa shape index (κ3) is 5.28. The van der Waals surface area contributed by atoms with Crippen LogP contribution in [0.2, 0.25) is 5.02 Å². The molecule has 0 aromatic heterocycles. The summed E-state index contributed by atoms with van der Waals surface area (Å²) in [6.07, 6.45) is 0. The second-order valence-electron chi connectivity index (χ2n) is 4.44. The summed E-state index contributed by atoms with van der Waals surface area (Å²) in [5, 5.41) is 18.8. The summed E-state index contributed by atoms with van der Waals surface area (Å²) in [6.45, 7) is 0.593. The maximum atomic E-state index is 8.99. The molecule has 0 atom stereocenters. The zero-order valence-corrected chi connectivity index (χ0v) is 13.0. The van der Waals surface area contributed by atoms with Crippen LogP contribution in [0.4, 0.5) is 0 Å². The number of hydrogen-bond donors (Lipinski definition) is 2. The van der Waals surface area contributed by atoms with E-state index in [0.717, 1.165) is 27.8 Å². The predicted molar refractivity (Wildman–Crippen MR) is 89.4 cm³/mol. The Morgan fingerprint density at radius 2 is 1.76 bits per heavy atom. The van der Waals surface area contributed by atoms with Gasteiger partial charge in [0.2, 0.25) is 0 Å². The zero-order chi connectivity index (χ0) is 15.1. The minimum atomic E-state index is -1.44. The molecule has 0 aliphatic heterocycles. The van der Waals surface area contributed by atoms with Crippen LogP contribution in [0.3, 0.4) is 0 Å². The smallest absolute Gasteiger partial charge is 0.488 e. The van der Waals surface area contributed by atoms with Crippen LogP contribution in [0, 0.1) is 0 Å². The van der Waals surface area contributed by atoms with Crippen LogP contribution in [0.25, 0.3) is 0 Å². The van der Waals surface area contributed by atoms with E-state index in [4.69, 9.17) is 26.4 Å². The molecule has 0 aliphatic carbocycles. The minimum Gasteiger partial charge on any atom is -0.493 e. The summed E-state index contributed by atoms with van der Waals surface area (Å²) in [7, 11) is -1.44. The summed E-state index contributed by atoms with van der Waals surface area (Å²) in [4.78, 5) is 0. The molecule has 110 valence electrons. The average molecular weight is 323 g/mol. The Balaban J connectivity index is 1.69. The molecule has 0 spiro atoms. The molecule has 6 heteroatoms. The molecule has 0 saturated heterocycles. The standard InChI is InChI=1S/C15H16BClO3S/c17-15-4-2-1-3-12(15)11-21-10-9-20-14-7-5-13(6-8-14)16(18)19/h1-8,18-19H,9-11H2. The highest BCUT2D eigenvalue weighted by atomic mass is 35.5. The lowest BCUT2D eigenvalue weighted by atomic mass is 9.80.